The summed E-state index contributed by atoms with van der Waals surface area (Å²) in [6.07, 6.45) is 8.19. The topological polar surface area (TPSA) is 91.2 Å². The van der Waals surface area contributed by atoms with Crippen molar-refractivity contribution in [2.75, 3.05) is 19.8 Å². The van der Waals surface area contributed by atoms with E-state index in [-0.39, 0.29) is 17.6 Å². The number of pyridine rings is 1. The molecule has 1 spiro atoms. The van der Waals surface area contributed by atoms with Gasteiger partial charge in [-0.05, 0) is 37.8 Å². The van der Waals surface area contributed by atoms with Gasteiger partial charge in [0, 0.05) is 37.6 Å². The van der Waals surface area contributed by atoms with Crippen LogP contribution in [0.5, 0.6) is 0 Å². The summed E-state index contributed by atoms with van der Waals surface area (Å²) in [6.45, 7) is 2.13. The van der Waals surface area contributed by atoms with E-state index < -0.39 is 0 Å². The van der Waals surface area contributed by atoms with E-state index in [1.54, 1.807) is 35.6 Å². The maximum Gasteiger partial charge on any atom is 0.251 e. The molecule has 1 atom stereocenters. The van der Waals surface area contributed by atoms with Crippen LogP contribution in [0.15, 0.2) is 31.0 Å². The van der Waals surface area contributed by atoms with Gasteiger partial charge in [-0.2, -0.15) is 0 Å². The lowest BCUT2D eigenvalue weighted by molar-refractivity contribution is -0.139. The lowest BCUT2D eigenvalue weighted by Crippen LogP contribution is -2.51. The van der Waals surface area contributed by atoms with Crippen LogP contribution >= 0.6 is 0 Å². The van der Waals surface area contributed by atoms with E-state index in [1.165, 1.54) is 0 Å². The molecule has 0 radical (unpaired) electrons. The molecule has 2 saturated heterocycles. The van der Waals surface area contributed by atoms with Crippen molar-refractivity contribution in [3.8, 4) is 5.82 Å². The SMILES string of the molecule is O=C(N[C@H]1CCOC2(CCOCC2)C1)c1ccnc(-n2cnnc2)c1. The smallest absolute Gasteiger partial charge is 0.251 e. The van der Waals surface area contributed by atoms with Crippen LogP contribution in [0.2, 0.25) is 0 Å². The second-order valence-corrected chi connectivity index (χ2v) is 6.58. The highest BCUT2D eigenvalue weighted by Crippen LogP contribution is 2.34. The molecule has 0 unspecified atom stereocenters. The summed E-state index contributed by atoms with van der Waals surface area (Å²) < 4.78 is 13.1. The average molecular weight is 343 g/mol. The van der Waals surface area contributed by atoms with Gasteiger partial charge in [-0.3, -0.25) is 9.36 Å². The molecule has 8 nitrogen and oxygen atoms in total. The molecule has 2 aliphatic rings. The van der Waals surface area contributed by atoms with Crippen molar-refractivity contribution in [3.63, 3.8) is 0 Å². The fraction of sp³-hybridized carbons (Fsp3) is 0.529. The lowest BCUT2D eigenvalue weighted by atomic mass is 9.84. The molecule has 0 bridgehead atoms. The minimum atomic E-state index is -0.139. The average Bonchev–Trinajstić information content (AvgIpc) is 3.17. The molecule has 8 heteroatoms. The highest BCUT2D eigenvalue weighted by atomic mass is 16.5. The molecule has 2 aromatic heterocycles. The highest BCUT2D eigenvalue weighted by molar-refractivity contribution is 5.94. The van der Waals surface area contributed by atoms with Crippen molar-refractivity contribution in [1.82, 2.24) is 25.1 Å². The van der Waals surface area contributed by atoms with Gasteiger partial charge in [0.1, 0.15) is 18.5 Å². The number of carbonyl (C=O) groups excluding carboxylic acids is 1. The van der Waals surface area contributed by atoms with Crippen LogP contribution in [0, 0.1) is 0 Å². The maximum atomic E-state index is 12.7. The zero-order valence-electron chi connectivity index (χ0n) is 13.9. The van der Waals surface area contributed by atoms with E-state index in [4.69, 9.17) is 9.47 Å². The maximum absolute atomic E-state index is 12.7. The van der Waals surface area contributed by atoms with Crippen molar-refractivity contribution >= 4 is 5.91 Å². The number of carbonyl (C=O) groups is 1. The van der Waals surface area contributed by atoms with Crippen LogP contribution in [0.4, 0.5) is 0 Å². The van der Waals surface area contributed by atoms with Crippen LogP contribution in [0.3, 0.4) is 0 Å². The first-order chi connectivity index (χ1) is 12.2. The molecule has 0 aliphatic carbocycles. The summed E-state index contributed by atoms with van der Waals surface area (Å²) in [5.41, 5.74) is 0.437. The normalized spacial score (nSPS) is 22.6. The molecule has 4 rings (SSSR count). The summed E-state index contributed by atoms with van der Waals surface area (Å²) in [7, 11) is 0. The first-order valence-electron chi connectivity index (χ1n) is 8.58. The van der Waals surface area contributed by atoms with Gasteiger partial charge >= 0.3 is 0 Å². The Morgan fingerprint density at radius 3 is 2.84 bits per heavy atom. The molecule has 2 fully saturated rings. The number of ether oxygens (including phenoxy) is 2. The van der Waals surface area contributed by atoms with E-state index in [0.29, 0.717) is 18.0 Å². The number of hydrogen-bond donors (Lipinski definition) is 1. The Morgan fingerprint density at radius 2 is 2.04 bits per heavy atom. The van der Waals surface area contributed by atoms with Gasteiger partial charge in [0.05, 0.1) is 5.60 Å². The molecule has 1 N–H and O–H groups in total. The predicted octanol–water partition coefficient (Wildman–Crippen LogP) is 1.12. The Labute approximate surface area is 145 Å². The minimum Gasteiger partial charge on any atom is -0.381 e. The van der Waals surface area contributed by atoms with E-state index in [2.05, 4.69) is 20.5 Å². The van der Waals surface area contributed by atoms with Gasteiger partial charge in [0.15, 0.2) is 0 Å². The van der Waals surface area contributed by atoms with Gasteiger partial charge in [-0.1, -0.05) is 0 Å². The summed E-state index contributed by atoms with van der Waals surface area (Å²) in [5, 5.41) is 10.7. The zero-order valence-corrected chi connectivity index (χ0v) is 13.9. The third-order valence-electron chi connectivity index (χ3n) is 4.92. The predicted molar refractivity (Wildman–Crippen MR) is 88.4 cm³/mol. The van der Waals surface area contributed by atoms with Crippen LogP contribution in [-0.2, 0) is 9.47 Å². The van der Waals surface area contributed by atoms with Gasteiger partial charge < -0.3 is 14.8 Å². The summed E-state index contributed by atoms with van der Waals surface area (Å²) in [6, 6.07) is 3.57. The number of nitrogens with zero attached hydrogens (tertiary/aromatic N) is 4. The van der Waals surface area contributed by atoms with Crippen LogP contribution in [0.25, 0.3) is 5.82 Å². The third-order valence-corrected chi connectivity index (χ3v) is 4.92. The molecular formula is C17H21N5O3. The second-order valence-electron chi connectivity index (χ2n) is 6.58. The molecule has 132 valence electrons. The summed E-state index contributed by atoms with van der Waals surface area (Å²) >= 11 is 0. The molecule has 2 aliphatic heterocycles. The summed E-state index contributed by atoms with van der Waals surface area (Å²) in [4.78, 5) is 16.9. The van der Waals surface area contributed by atoms with E-state index in [9.17, 15) is 4.79 Å². The number of amides is 1. The Bertz CT molecular complexity index is 722. The molecule has 4 heterocycles. The third kappa shape index (κ3) is 3.54. The largest absolute Gasteiger partial charge is 0.381 e. The van der Waals surface area contributed by atoms with Crippen LogP contribution < -0.4 is 5.32 Å². The second kappa shape index (κ2) is 6.89. The Morgan fingerprint density at radius 1 is 1.24 bits per heavy atom. The van der Waals surface area contributed by atoms with Crippen LogP contribution in [0.1, 0.15) is 36.0 Å². The number of nitrogens with one attached hydrogen (secondary N) is 1. The first kappa shape index (κ1) is 16.2. The van der Waals surface area contributed by atoms with E-state index in [0.717, 1.165) is 38.9 Å². The van der Waals surface area contributed by atoms with Crippen molar-refractivity contribution in [2.45, 2.75) is 37.3 Å². The van der Waals surface area contributed by atoms with Gasteiger partial charge in [0.25, 0.3) is 5.91 Å². The standard InChI is InChI=1S/C17H21N5O3/c23-16(13-1-5-18-15(9-13)22-11-19-20-12-22)21-14-2-6-25-17(10-14)3-7-24-8-4-17/h1,5,9,11-12,14H,2-4,6-8,10H2,(H,21,23)/t14-/m0/s1. The van der Waals surface area contributed by atoms with Crippen molar-refractivity contribution in [2.24, 2.45) is 0 Å². The van der Waals surface area contributed by atoms with Crippen molar-refractivity contribution in [3.05, 3.63) is 36.5 Å². The first-order valence-corrected chi connectivity index (χ1v) is 8.58. The molecule has 0 aromatic carbocycles. The van der Waals surface area contributed by atoms with Gasteiger partial charge in [-0.25, -0.2) is 4.98 Å². The lowest BCUT2D eigenvalue weighted by Gasteiger charge is -2.43. The summed E-state index contributed by atoms with van der Waals surface area (Å²) in [5.74, 6) is 0.524. The zero-order chi connectivity index (χ0) is 17.1. The van der Waals surface area contributed by atoms with E-state index >= 15 is 0 Å². The Kier molecular flexibility index (Phi) is 4.46. The highest BCUT2D eigenvalue weighted by Gasteiger charge is 2.39. The van der Waals surface area contributed by atoms with Crippen molar-refractivity contribution < 1.29 is 14.3 Å². The number of hydrogen-bond acceptors (Lipinski definition) is 6. The fourth-order valence-corrected chi connectivity index (χ4v) is 3.53. The van der Waals surface area contributed by atoms with Gasteiger partial charge in [0.2, 0.25) is 0 Å². The number of rotatable bonds is 3. The monoisotopic (exact) mass is 343 g/mol. The molecule has 1 amide bonds. The minimum absolute atomic E-state index is 0.0918. The van der Waals surface area contributed by atoms with Gasteiger partial charge in [-0.15, -0.1) is 10.2 Å². The quantitative estimate of drug-likeness (QED) is 0.898. The molecule has 2 aromatic rings. The van der Waals surface area contributed by atoms with Crippen molar-refractivity contribution in [1.29, 1.82) is 0 Å². The van der Waals surface area contributed by atoms with Crippen LogP contribution in [-0.4, -0.2) is 57.1 Å². The molecule has 0 saturated carbocycles. The Hall–Kier alpha value is -2.32. The number of aromatic nitrogens is 4. The molecule has 25 heavy (non-hydrogen) atoms. The molecular weight excluding hydrogens is 322 g/mol. The van der Waals surface area contributed by atoms with E-state index in [1.807, 2.05) is 0 Å². The fourth-order valence-electron chi connectivity index (χ4n) is 3.53. The Balaban J connectivity index is 1.44.